The van der Waals surface area contributed by atoms with E-state index < -0.39 is 20.7 Å². The van der Waals surface area contributed by atoms with Gasteiger partial charge in [-0.15, -0.1) is 0 Å². The summed E-state index contributed by atoms with van der Waals surface area (Å²) in [7, 11) is -2.81. The lowest BCUT2D eigenvalue weighted by atomic mass is 10.1. The van der Waals surface area contributed by atoms with Crippen LogP contribution >= 0.6 is 0 Å². The number of pyridine rings is 1. The van der Waals surface area contributed by atoms with E-state index in [9.17, 15) is 0 Å². The van der Waals surface area contributed by atoms with Gasteiger partial charge in [-0.1, -0.05) is 103 Å². The number of hydrogen-bond donors (Lipinski definition) is 0. The van der Waals surface area contributed by atoms with Gasteiger partial charge in [0.15, 0.2) is 8.07 Å². The number of nitrogens with zero attached hydrogens (tertiary/aromatic N) is 1. The molecule has 5 rings (SSSR count). The van der Waals surface area contributed by atoms with Crippen molar-refractivity contribution in [3.63, 3.8) is 0 Å². The maximum absolute atomic E-state index is 15.5. The first-order valence-electron chi connectivity index (χ1n) is 12.3. The molecule has 0 fully saturated rings. The minimum absolute atomic E-state index is 0.183. The third-order valence-corrected chi connectivity index (χ3v) is 10.9. The summed E-state index contributed by atoms with van der Waals surface area (Å²) in [4.78, 5) is 4.49. The zero-order chi connectivity index (χ0) is 25.2. The lowest BCUT2D eigenvalue weighted by Crippen LogP contribution is -2.74. The first kappa shape index (κ1) is 17.7. The molecule has 0 unspecified atom stereocenters. The smallest absolute Gasteiger partial charge is 0.179 e. The Morgan fingerprint density at radius 1 is 0.636 bits per heavy atom. The fraction of sp³-hybridized carbons (Fsp3) is 0.0333. The highest BCUT2D eigenvalue weighted by atomic mass is 28.3. The standard InChI is InChI=1S/C30H24FNSi/c1-23-12-11-19-28(30(23)31)29-22-27(20-21-32-29)33(24-13-5-2-6-14-24,25-15-7-3-8-16-25)26-17-9-4-10-18-26/h2-22H,1H3/i1D3. The van der Waals surface area contributed by atoms with E-state index in [2.05, 4.69) is 41.4 Å². The first-order valence-corrected chi connectivity index (χ1v) is 12.8. The Kier molecular flexibility index (Phi) is 4.81. The molecule has 1 nitrogen and oxygen atoms in total. The van der Waals surface area contributed by atoms with Crippen molar-refractivity contribution >= 4 is 28.8 Å². The molecular formula is C30H24FNSi. The molecule has 0 saturated carbocycles. The molecule has 0 aliphatic carbocycles. The summed E-state index contributed by atoms with van der Waals surface area (Å²) in [5, 5.41) is 4.61. The second kappa shape index (κ2) is 8.97. The number of benzene rings is 4. The van der Waals surface area contributed by atoms with Crippen molar-refractivity contribution < 1.29 is 8.50 Å². The molecular weight excluding hydrogens is 421 g/mol. The summed E-state index contributed by atoms with van der Waals surface area (Å²) in [6.45, 7) is -2.55. The fourth-order valence-corrected chi connectivity index (χ4v) is 9.36. The van der Waals surface area contributed by atoms with Crippen molar-refractivity contribution in [1.29, 1.82) is 0 Å². The highest BCUT2D eigenvalue weighted by molar-refractivity contribution is 7.19. The minimum Gasteiger partial charge on any atom is -0.256 e. The fourth-order valence-electron chi connectivity index (χ4n) is 4.61. The third kappa shape index (κ3) is 3.71. The summed E-state index contributed by atoms with van der Waals surface area (Å²) < 4.78 is 38.7. The average molecular weight is 449 g/mol. The third-order valence-electron chi connectivity index (χ3n) is 6.09. The minimum atomic E-state index is -2.81. The molecule has 0 amide bonds. The number of hydrogen-bond acceptors (Lipinski definition) is 1. The summed E-state index contributed by atoms with van der Waals surface area (Å²) in [5.74, 6) is -0.756. The molecule has 1 aromatic heterocycles. The zero-order valence-corrected chi connectivity index (χ0v) is 18.9. The van der Waals surface area contributed by atoms with Crippen LogP contribution in [0.1, 0.15) is 9.68 Å². The van der Waals surface area contributed by atoms with Gasteiger partial charge in [-0.3, -0.25) is 4.98 Å². The van der Waals surface area contributed by atoms with E-state index in [-0.39, 0.29) is 11.1 Å². The molecule has 0 radical (unpaired) electrons. The number of aromatic nitrogens is 1. The lowest BCUT2D eigenvalue weighted by Gasteiger charge is -2.34. The largest absolute Gasteiger partial charge is 0.256 e. The van der Waals surface area contributed by atoms with Gasteiger partial charge in [-0.2, -0.15) is 0 Å². The summed E-state index contributed by atoms with van der Waals surface area (Å²) in [6, 6.07) is 39.6. The van der Waals surface area contributed by atoms with E-state index in [1.807, 2.05) is 66.7 Å². The quantitative estimate of drug-likeness (QED) is 0.283. The molecule has 0 spiro atoms. The molecule has 0 atom stereocenters. The van der Waals surface area contributed by atoms with E-state index >= 15 is 4.39 Å². The van der Waals surface area contributed by atoms with Crippen LogP contribution in [-0.2, 0) is 0 Å². The molecule has 0 saturated heterocycles. The van der Waals surface area contributed by atoms with E-state index in [1.165, 1.54) is 21.6 Å². The predicted molar refractivity (Wildman–Crippen MR) is 138 cm³/mol. The Morgan fingerprint density at radius 2 is 1.18 bits per heavy atom. The monoisotopic (exact) mass is 448 g/mol. The Balaban J connectivity index is 1.82. The van der Waals surface area contributed by atoms with Crippen molar-refractivity contribution in [1.82, 2.24) is 4.98 Å². The van der Waals surface area contributed by atoms with Crippen molar-refractivity contribution in [2.24, 2.45) is 0 Å². The molecule has 0 N–H and O–H groups in total. The van der Waals surface area contributed by atoms with Gasteiger partial charge >= 0.3 is 0 Å². The molecule has 0 aliphatic heterocycles. The summed E-state index contributed by atoms with van der Waals surface area (Å²) in [6.07, 6.45) is 1.70. The van der Waals surface area contributed by atoms with E-state index in [4.69, 9.17) is 4.11 Å². The molecule has 33 heavy (non-hydrogen) atoms. The molecule has 3 heteroatoms. The van der Waals surface area contributed by atoms with Crippen molar-refractivity contribution in [3.8, 4) is 11.3 Å². The van der Waals surface area contributed by atoms with Crippen molar-refractivity contribution in [2.75, 3.05) is 0 Å². The van der Waals surface area contributed by atoms with Gasteiger partial charge < -0.3 is 0 Å². The van der Waals surface area contributed by atoms with Crippen LogP contribution < -0.4 is 20.7 Å². The van der Waals surface area contributed by atoms with E-state index in [1.54, 1.807) is 18.3 Å². The SMILES string of the molecule is [2H]C([2H])([2H])c1cccc(-c2cc([Si](c3ccccc3)(c3ccccc3)c3ccccc3)ccn2)c1F. The molecule has 0 bridgehead atoms. The van der Waals surface area contributed by atoms with Gasteiger partial charge in [0.05, 0.1) is 5.69 Å². The zero-order valence-electron chi connectivity index (χ0n) is 20.9. The Bertz CT molecular complexity index is 1380. The van der Waals surface area contributed by atoms with Crippen LogP contribution in [0.2, 0.25) is 0 Å². The predicted octanol–water partition coefficient (Wildman–Crippen LogP) is 4.57. The van der Waals surface area contributed by atoms with Gasteiger partial charge in [0.25, 0.3) is 0 Å². The van der Waals surface area contributed by atoms with Crippen LogP contribution in [0.4, 0.5) is 4.39 Å². The Morgan fingerprint density at radius 3 is 1.70 bits per heavy atom. The molecule has 1 heterocycles. The lowest BCUT2D eigenvalue weighted by molar-refractivity contribution is 0.621. The van der Waals surface area contributed by atoms with Crippen molar-refractivity contribution in [3.05, 3.63) is 139 Å². The van der Waals surface area contributed by atoms with Gasteiger partial charge in [0.2, 0.25) is 0 Å². The van der Waals surface area contributed by atoms with Gasteiger partial charge in [0.1, 0.15) is 5.82 Å². The number of halogens is 1. The van der Waals surface area contributed by atoms with Crippen LogP contribution in [0.15, 0.2) is 128 Å². The first-order chi connectivity index (χ1) is 17.4. The van der Waals surface area contributed by atoms with Crippen LogP contribution in [0, 0.1) is 12.7 Å². The van der Waals surface area contributed by atoms with Crippen LogP contribution in [0.25, 0.3) is 11.3 Å². The number of rotatable bonds is 5. The molecule has 5 aromatic rings. The topological polar surface area (TPSA) is 12.9 Å². The maximum atomic E-state index is 15.5. The second-order valence-corrected chi connectivity index (χ2v) is 11.8. The van der Waals surface area contributed by atoms with Crippen LogP contribution in [0.5, 0.6) is 0 Å². The Labute approximate surface area is 199 Å². The van der Waals surface area contributed by atoms with Crippen molar-refractivity contribution in [2.45, 2.75) is 6.85 Å². The van der Waals surface area contributed by atoms with Gasteiger partial charge in [0, 0.05) is 15.9 Å². The normalized spacial score (nSPS) is 13.1. The maximum Gasteiger partial charge on any atom is 0.179 e. The van der Waals surface area contributed by atoms with E-state index in [0.29, 0.717) is 5.69 Å². The Hall–Kier alpha value is -3.82. The van der Waals surface area contributed by atoms with Crippen LogP contribution in [0.3, 0.4) is 0 Å². The highest BCUT2D eigenvalue weighted by Crippen LogP contribution is 2.23. The highest BCUT2D eigenvalue weighted by Gasteiger charge is 2.41. The molecule has 0 aliphatic rings. The molecule has 4 aromatic carbocycles. The van der Waals surface area contributed by atoms with Gasteiger partial charge in [-0.25, -0.2) is 4.39 Å². The van der Waals surface area contributed by atoms with Crippen LogP contribution in [-0.4, -0.2) is 13.1 Å². The average Bonchev–Trinajstić information content (AvgIpc) is 2.91. The second-order valence-electron chi connectivity index (χ2n) is 7.94. The molecule has 160 valence electrons. The summed E-state index contributed by atoms with van der Waals surface area (Å²) in [5.41, 5.74) is 0.295. The summed E-state index contributed by atoms with van der Waals surface area (Å²) >= 11 is 0. The number of aryl methyl sites for hydroxylation is 1. The van der Waals surface area contributed by atoms with E-state index in [0.717, 1.165) is 5.19 Å². The van der Waals surface area contributed by atoms with Gasteiger partial charge in [-0.05, 0) is 51.4 Å².